The van der Waals surface area contributed by atoms with E-state index >= 15 is 0 Å². The standard InChI is InChI=1S/C10H15N3O/c1-13(2)10-11-6-9(7-12-10)14-8-4-3-5-8/h6-8H,3-5H2,1-2H3. The first kappa shape index (κ1) is 9.24. The van der Waals surface area contributed by atoms with Gasteiger partial charge in [0.15, 0.2) is 5.75 Å². The van der Waals surface area contributed by atoms with Gasteiger partial charge in [-0.3, -0.25) is 0 Å². The molecule has 0 N–H and O–H groups in total. The number of anilines is 1. The Morgan fingerprint density at radius 1 is 1.29 bits per heavy atom. The summed E-state index contributed by atoms with van der Waals surface area (Å²) in [5.74, 6) is 1.49. The van der Waals surface area contributed by atoms with Crippen molar-refractivity contribution in [1.82, 2.24) is 9.97 Å². The summed E-state index contributed by atoms with van der Waals surface area (Å²) in [4.78, 5) is 10.2. The Hall–Kier alpha value is -1.32. The van der Waals surface area contributed by atoms with Crippen LogP contribution in [-0.2, 0) is 0 Å². The van der Waals surface area contributed by atoms with Crippen molar-refractivity contribution in [2.24, 2.45) is 0 Å². The average Bonchev–Trinajstić information content (AvgIpc) is 2.12. The fraction of sp³-hybridized carbons (Fsp3) is 0.600. The van der Waals surface area contributed by atoms with Crippen LogP contribution >= 0.6 is 0 Å². The van der Waals surface area contributed by atoms with E-state index in [-0.39, 0.29) is 0 Å². The summed E-state index contributed by atoms with van der Waals surface area (Å²) < 4.78 is 5.64. The normalized spacial score (nSPS) is 16.1. The van der Waals surface area contributed by atoms with Crippen LogP contribution in [0.1, 0.15) is 19.3 Å². The van der Waals surface area contributed by atoms with E-state index in [4.69, 9.17) is 4.74 Å². The van der Waals surface area contributed by atoms with Gasteiger partial charge in [0.1, 0.15) is 0 Å². The molecule has 0 amide bonds. The van der Waals surface area contributed by atoms with Crippen LogP contribution in [0.4, 0.5) is 5.95 Å². The lowest BCUT2D eigenvalue weighted by Gasteiger charge is -2.26. The van der Waals surface area contributed by atoms with Crippen molar-refractivity contribution >= 4 is 5.95 Å². The molecule has 0 aromatic carbocycles. The Balaban J connectivity index is 1.98. The molecular weight excluding hydrogens is 178 g/mol. The summed E-state index contributed by atoms with van der Waals surface area (Å²) in [7, 11) is 3.84. The van der Waals surface area contributed by atoms with Gasteiger partial charge in [-0.2, -0.15) is 0 Å². The predicted octanol–water partition coefficient (Wildman–Crippen LogP) is 1.47. The minimum atomic E-state index is 0.392. The number of aromatic nitrogens is 2. The molecule has 1 aliphatic carbocycles. The Morgan fingerprint density at radius 2 is 1.93 bits per heavy atom. The van der Waals surface area contributed by atoms with Crippen LogP contribution in [0.5, 0.6) is 5.75 Å². The van der Waals surface area contributed by atoms with Crippen LogP contribution in [0.25, 0.3) is 0 Å². The summed E-state index contributed by atoms with van der Waals surface area (Å²) in [5, 5.41) is 0. The molecule has 1 aromatic rings. The summed E-state index contributed by atoms with van der Waals surface area (Å²) >= 11 is 0. The first-order valence-corrected chi connectivity index (χ1v) is 4.92. The zero-order valence-electron chi connectivity index (χ0n) is 8.60. The molecule has 1 fully saturated rings. The Labute approximate surface area is 83.9 Å². The minimum absolute atomic E-state index is 0.392. The van der Waals surface area contributed by atoms with Crippen LogP contribution in [0.15, 0.2) is 12.4 Å². The van der Waals surface area contributed by atoms with Gasteiger partial charge < -0.3 is 9.64 Å². The maximum Gasteiger partial charge on any atom is 0.224 e. The van der Waals surface area contributed by atoms with Crippen molar-refractivity contribution < 1.29 is 4.74 Å². The highest BCUT2D eigenvalue weighted by Crippen LogP contribution is 2.24. The molecule has 4 nitrogen and oxygen atoms in total. The molecule has 0 aliphatic heterocycles. The molecule has 4 heteroatoms. The summed E-state index contributed by atoms with van der Waals surface area (Å²) in [5.41, 5.74) is 0. The maximum absolute atomic E-state index is 5.64. The van der Waals surface area contributed by atoms with Gasteiger partial charge in [-0.25, -0.2) is 9.97 Å². The average molecular weight is 193 g/mol. The van der Waals surface area contributed by atoms with Crippen molar-refractivity contribution in [2.45, 2.75) is 25.4 Å². The molecule has 1 saturated carbocycles. The first-order valence-electron chi connectivity index (χ1n) is 4.92. The second-order valence-electron chi connectivity index (χ2n) is 3.78. The predicted molar refractivity (Wildman–Crippen MR) is 54.6 cm³/mol. The van der Waals surface area contributed by atoms with E-state index in [0.29, 0.717) is 12.1 Å². The fourth-order valence-corrected chi connectivity index (χ4v) is 1.28. The Morgan fingerprint density at radius 3 is 2.36 bits per heavy atom. The van der Waals surface area contributed by atoms with Crippen LogP contribution in [0.3, 0.4) is 0 Å². The summed E-state index contributed by atoms with van der Waals surface area (Å²) in [6.07, 6.45) is 7.47. The van der Waals surface area contributed by atoms with Gasteiger partial charge in [-0.15, -0.1) is 0 Å². The number of nitrogens with zero attached hydrogens (tertiary/aromatic N) is 3. The smallest absolute Gasteiger partial charge is 0.224 e. The van der Waals surface area contributed by atoms with Crippen LogP contribution in [-0.4, -0.2) is 30.2 Å². The third-order valence-electron chi connectivity index (χ3n) is 2.37. The van der Waals surface area contributed by atoms with E-state index in [0.717, 1.165) is 18.6 Å². The number of ether oxygens (including phenoxy) is 1. The van der Waals surface area contributed by atoms with Crippen molar-refractivity contribution in [1.29, 1.82) is 0 Å². The zero-order chi connectivity index (χ0) is 9.97. The van der Waals surface area contributed by atoms with Gasteiger partial charge >= 0.3 is 0 Å². The number of rotatable bonds is 3. The van der Waals surface area contributed by atoms with Crippen molar-refractivity contribution in [2.75, 3.05) is 19.0 Å². The molecule has 0 bridgehead atoms. The third-order valence-corrected chi connectivity index (χ3v) is 2.37. The van der Waals surface area contributed by atoms with Crippen LogP contribution < -0.4 is 9.64 Å². The lowest BCUT2D eigenvalue weighted by atomic mass is 9.96. The molecule has 76 valence electrons. The molecule has 0 atom stereocenters. The SMILES string of the molecule is CN(C)c1ncc(OC2CCC2)cn1. The molecule has 2 rings (SSSR count). The zero-order valence-corrected chi connectivity index (χ0v) is 8.60. The van der Waals surface area contributed by atoms with Gasteiger partial charge in [0.2, 0.25) is 5.95 Å². The van der Waals surface area contributed by atoms with E-state index in [2.05, 4.69) is 9.97 Å². The quantitative estimate of drug-likeness (QED) is 0.728. The summed E-state index contributed by atoms with van der Waals surface area (Å²) in [6, 6.07) is 0. The van der Waals surface area contributed by atoms with Gasteiger partial charge in [-0.1, -0.05) is 0 Å². The van der Waals surface area contributed by atoms with E-state index in [1.54, 1.807) is 12.4 Å². The highest BCUT2D eigenvalue weighted by molar-refractivity contribution is 5.28. The minimum Gasteiger partial charge on any atom is -0.487 e. The van der Waals surface area contributed by atoms with E-state index in [1.807, 2.05) is 19.0 Å². The number of hydrogen-bond acceptors (Lipinski definition) is 4. The highest BCUT2D eigenvalue weighted by Gasteiger charge is 2.19. The molecule has 14 heavy (non-hydrogen) atoms. The van der Waals surface area contributed by atoms with Gasteiger partial charge in [-0.05, 0) is 19.3 Å². The van der Waals surface area contributed by atoms with Crippen molar-refractivity contribution in [3.8, 4) is 5.75 Å². The van der Waals surface area contributed by atoms with Crippen molar-refractivity contribution in [3.05, 3.63) is 12.4 Å². The molecular formula is C10H15N3O. The third kappa shape index (κ3) is 1.95. The second-order valence-corrected chi connectivity index (χ2v) is 3.78. The fourth-order valence-electron chi connectivity index (χ4n) is 1.28. The number of hydrogen-bond donors (Lipinski definition) is 0. The lowest BCUT2D eigenvalue weighted by molar-refractivity contribution is 0.119. The Kier molecular flexibility index (Phi) is 2.52. The topological polar surface area (TPSA) is 38.2 Å². The van der Waals surface area contributed by atoms with Crippen LogP contribution in [0, 0.1) is 0 Å². The van der Waals surface area contributed by atoms with Crippen LogP contribution in [0.2, 0.25) is 0 Å². The molecule has 0 unspecified atom stereocenters. The Bertz CT molecular complexity index is 293. The van der Waals surface area contributed by atoms with Gasteiger partial charge in [0, 0.05) is 14.1 Å². The molecule has 1 aromatic heterocycles. The maximum atomic E-state index is 5.64. The van der Waals surface area contributed by atoms with Gasteiger partial charge in [0.05, 0.1) is 18.5 Å². The molecule has 0 spiro atoms. The van der Waals surface area contributed by atoms with Gasteiger partial charge in [0.25, 0.3) is 0 Å². The molecule has 0 radical (unpaired) electrons. The summed E-state index contributed by atoms with van der Waals surface area (Å²) in [6.45, 7) is 0. The largest absolute Gasteiger partial charge is 0.487 e. The molecule has 0 saturated heterocycles. The lowest BCUT2D eigenvalue weighted by Crippen LogP contribution is -2.24. The van der Waals surface area contributed by atoms with E-state index in [9.17, 15) is 0 Å². The first-order chi connectivity index (χ1) is 6.75. The second kappa shape index (κ2) is 3.82. The molecule has 1 heterocycles. The van der Waals surface area contributed by atoms with E-state index in [1.165, 1.54) is 6.42 Å². The van der Waals surface area contributed by atoms with Crippen molar-refractivity contribution in [3.63, 3.8) is 0 Å². The van der Waals surface area contributed by atoms with E-state index < -0.39 is 0 Å². The molecule has 1 aliphatic rings. The highest BCUT2D eigenvalue weighted by atomic mass is 16.5. The monoisotopic (exact) mass is 193 g/mol.